The second-order valence-corrected chi connectivity index (χ2v) is 7.27. The molecule has 0 aliphatic carbocycles. The molecule has 1 unspecified atom stereocenters. The molecule has 0 spiro atoms. The molecule has 1 aromatic carbocycles. The van der Waals surface area contributed by atoms with Crippen LogP contribution in [0.4, 0.5) is 0 Å². The minimum atomic E-state index is -3.06. The van der Waals surface area contributed by atoms with E-state index in [1.165, 1.54) is 0 Å². The quantitative estimate of drug-likeness (QED) is 0.858. The number of hydrogen-bond donors (Lipinski definition) is 1. The first-order valence-corrected chi connectivity index (χ1v) is 7.75. The number of sulfone groups is 1. The van der Waals surface area contributed by atoms with Crippen LogP contribution in [0.3, 0.4) is 0 Å². The van der Waals surface area contributed by atoms with E-state index in [4.69, 9.17) is 10.5 Å². The number of benzene rings is 1. The molecular weight excluding hydrogens is 250 g/mol. The lowest BCUT2D eigenvalue weighted by Crippen LogP contribution is -2.22. The second kappa shape index (κ2) is 6.20. The van der Waals surface area contributed by atoms with Gasteiger partial charge in [0, 0.05) is 11.6 Å². The zero-order chi connectivity index (χ0) is 13.8. The molecule has 0 bridgehead atoms. The van der Waals surface area contributed by atoms with E-state index in [9.17, 15) is 8.42 Å². The van der Waals surface area contributed by atoms with Gasteiger partial charge in [-0.05, 0) is 26.8 Å². The summed E-state index contributed by atoms with van der Waals surface area (Å²) in [5, 5.41) is -0.371. The molecule has 5 heteroatoms. The summed E-state index contributed by atoms with van der Waals surface area (Å²) in [6.45, 7) is 5.37. The Balaban J connectivity index is 2.65. The third-order valence-electron chi connectivity index (χ3n) is 2.75. The Bertz CT molecular complexity index is 481. The highest BCUT2D eigenvalue weighted by Crippen LogP contribution is 2.23. The highest BCUT2D eigenvalue weighted by atomic mass is 32.2. The Morgan fingerprint density at radius 3 is 2.39 bits per heavy atom. The third kappa shape index (κ3) is 3.99. The van der Waals surface area contributed by atoms with Crippen LogP contribution in [0.25, 0.3) is 0 Å². The van der Waals surface area contributed by atoms with Gasteiger partial charge in [0.05, 0.1) is 11.0 Å². The van der Waals surface area contributed by atoms with E-state index in [1.807, 2.05) is 25.1 Å². The molecule has 0 saturated carbocycles. The van der Waals surface area contributed by atoms with Crippen molar-refractivity contribution in [1.82, 2.24) is 0 Å². The highest BCUT2D eigenvalue weighted by Gasteiger charge is 2.16. The Morgan fingerprint density at radius 1 is 1.22 bits per heavy atom. The largest absolute Gasteiger partial charge is 0.492 e. The van der Waals surface area contributed by atoms with Crippen molar-refractivity contribution >= 4 is 9.84 Å². The summed E-state index contributed by atoms with van der Waals surface area (Å²) in [5.41, 5.74) is 6.71. The van der Waals surface area contributed by atoms with Crippen molar-refractivity contribution in [3.8, 4) is 5.75 Å². The van der Waals surface area contributed by atoms with Gasteiger partial charge in [-0.1, -0.05) is 18.2 Å². The molecule has 1 aromatic rings. The lowest BCUT2D eigenvalue weighted by molar-refractivity contribution is 0.335. The fraction of sp³-hybridized carbons (Fsp3) is 0.538. The maximum atomic E-state index is 11.6. The molecule has 0 saturated heterocycles. The average Bonchev–Trinajstić information content (AvgIpc) is 2.29. The topological polar surface area (TPSA) is 69.4 Å². The molecule has 0 aromatic heterocycles. The predicted octanol–water partition coefficient (Wildman–Crippen LogP) is 1.91. The standard InChI is InChI=1S/C13H21NO3S/c1-10(2)18(15,16)9-8-17-13-7-5-4-6-12(13)11(3)14/h4-7,10-11H,8-9,14H2,1-3H3. The fourth-order valence-corrected chi connectivity index (χ4v) is 2.28. The summed E-state index contributed by atoms with van der Waals surface area (Å²) in [5.74, 6) is 0.685. The van der Waals surface area contributed by atoms with Gasteiger partial charge >= 0.3 is 0 Å². The van der Waals surface area contributed by atoms with Crippen LogP contribution in [0.2, 0.25) is 0 Å². The molecule has 2 N–H and O–H groups in total. The van der Waals surface area contributed by atoms with Crippen LogP contribution in [0.15, 0.2) is 24.3 Å². The monoisotopic (exact) mass is 271 g/mol. The Morgan fingerprint density at radius 2 is 1.83 bits per heavy atom. The van der Waals surface area contributed by atoms with Gasteiger partial charge in [-0.2, -0.15) is 0 Å². The summed E-state index contributed by atoms with van der Waals surface area (Å²) in [7, 11) is -3.06. The van der Waals surface area contributed by atoms with Gasteiger partial charge < -0.3 is 10.5 Å². The molecule has 18 heavy (non-hydrogen) atoms. The van der Waals surface area contributed by atoms with Gasteiger partial charge in [0.1, 0.15) is 12.4 Å². The molecule has 102 valence electrons. The van der Waals surface area contributed by atoms with Gasteiger partial charge in [-0.15, -0.1) is 0 Å². The van der Waals surface area contributed by atoms with Crippen LogP contribution in [-0.4, -0.2) is 26.0 Å². The van der Waals surface area contributed by atoms with Crippen LogP contribution in [0.1, 0.15) is 32.4 Å². The number of rotatable bonds is 6. The highest BCUT2D eigenvalue weighted by molar-refractivity contribution is 7.91. The minimum absolute atomic E-state index is 0.0257. The van der Waals surface area contributed by atoms with Crippen LogP contribution in [0.5, 0.6) is 5.75 Å². The maximum absolute atomic E-state index is 11.6. The van der Waals surface area contributed by atoms with E-state index < -0.39 is 9.84 Å². The van der Waals surface area contributed by atoms with E-state index >= 15 is 0 Å². The van der Waals surface area contributed by atoms with Gasteiger partial charge in [-0.3, -0.25) is 0 Å². The SMILES string of the molecule is CC(N)c1ccccc1OCCS(=O)(=O)C(C)C. The summed E-state index contributed by atoms with van der Waals surface area (Å²) in [6.07, 6.45) is 0. The van der Waals surface area contributed by atoms with Crippen LogP contribution >= 0.6 is 0 Å². The minimum Gasteiger partial charge on any atom is -0.492 e. The van der Waals surface area contributed by atoms with E-state index in [0.717, 1.165) is 5.56 Å². The summed E-state index contributed by atoms with van der Waals surface area (Å²) in [4.78, 5) is 0. The molecule has 0 amide bonds. The molecule has 4 nitrogen and oxygen atoms in total. The van der Waals surface area contributed by atoms with Crippen LogP contribution in [0, 0.1) is 0 Å². The van der Waals surface area contributed by atoms with Gasteiger partial charge in [0.25, 0.3) is 0 Å². The summed E-state index contributed by atoms with van der Waals surface area (Å²) < 4.78 is 28.8. The van der Waals surface area contributed by atoms with Crippen LogP contribution < -0.4 is 10.5 Å². The van der Waals surface area contributed by atoms with Crippen molar-refractivity contribution in [2.24, 2.45) is 5.73 Å². The first-order chi connectivity index (χ1) is 8.34. The predicted molar refractivity (Wildman–Crippen MR) is 73.5 cm³/mol. The Labute approximate surface area is 109 Å². The van der Waals surface area contributed by atoms with Crippen LogP contribution in [-0.2, 0) is 9.84 Å². The molecular formula is C13H21NO3S. The summed E-state index contributed by atoms with van der Waals surface area (Å²) >= 11 is 0. The van der Waals surface area contributed by atoms with E-state index in [-0.39, 0.29) is 23.7 Å². The van der Waals surface area contributed by atoms with Crippen molar-refractivity contribution in [3.63, 3.8) is 0 Å². The Hall–Kier alpha value is -1.07. The molecule has 0 heterocycles. The van der Waals surface area contributed by atoms with Gasteiger partial charge in [0.2, 0.25) is 0 Å². The van der Waals surface area contributed by atoms with Crippen molar-refractivity contribution < 1.29 is 13.2 Å². The number of nitrogens with two attached hydrogens (primary N) is 1. The molecule has 0 fully saturated rings. The fourth-order valence-electron chi connectivity index (χ4n) is 1.49. The second-order valence-electron chi connectivity index (χ2n) is 4.59. The molecule has 1 atom stereocenters. The van der Waals surface area contributed by atoms with Crippen molar-refractivity contribution in [1.29, 1.82) is 0 Å². The first-order valence-electron chi connectivity index (χ1n) is 6.03. The lowest BCUT2D eigenvalue weighted by Gasteiger charge is -2.14. The number of para-hydroxylation sites is 1. The lowest BCUT2D eigenvalue weighted by atomic mass is 10.1. The Kier molecular flexibility index (Phi) is 5.16. The number of ether oxygens (including phenoxy) is 1. The molecule has 0 aliphatic heterocycles. The smallest absolute Gasteiger partial charge is 0.155 e. The van der Waals surface area contributed by atoms with Gasteiger partial charge in [-0.25, -0.2) is 8.42 Å². The van der Waals surface area contributed by atoms with Crippen molar-refractivity contribution in [2.75, 3.05) is 12.4 Å². The normalized spacial score (nSPS) is 13.6. The maximum Gasteiger partial charge on any atom is 0.155 e. The zero-order valence-corrected chi connectivity index (χ0v) is 11.9. The molecule has 0 aliphatic rings. The van der Waals surface area contributed by atoms with Crippen molar-refractivity contribution in [3.05, 3.63) is 29.8 Å². The first kappa shape index (κ1) is 15.0. The van der Waals surface area contributed by atoms with E-state index in [0.29, 0.717) is 5.75 Å². The number of hydrogen-bond acceptors (Lipinski definition) is 4. The molecule has 0 radical (unpaired) electrons. The summed E-state index contributed by atoms with van der Waals surface area (Å²) in [6, 6.07) is 7.29. The molecule has 1 rings (SSSR count). The zero-order valence-electron chi connectivity index (χ0n) is 11.1. The van der Waals surface area contributed by atoms with Crippen molar-refractivity contribution in [2.45, 2.75) is 32.1 Å². The average molecular weight is 271 g/mol. The van der Waals surface area contributed by atoms with E-state index in [2.05, 4.69) is 0 Å². The third-order valence-corrected chi connectivity index (χ3v) is 4.93. The van der Waals surface area contributed by atoms with Gasteiger partial charge in [0.15, 0.2) is 9.84 Å². The van der Waals surface area contributed by atoms with E-state index in [1.54, 1.807) is 19.9 Å².